The first-order valence-corrected chi connectivity index (χ1v) is 17.2. The molecule has 3 heteroatoms. The molecule has 240 valence electrons. The summed E-state index contributed by atoms with van der Waals surface area (Å²) in [4.78, 5) is 10.4. The molecule has 0 bridgehead atoms. The van der Waals surface area contributed by atoms with Gasteiger partial charge in [0.1, 0.15) is 5.65 Å². The maximum atomic E-state index is 5.31. The second-order valence-corrected chi connectivity index (χ2v) is 12.8. The number of benzene rings is 6. The lowest BCUT2D eigenvalue weighted by molar-refractivity contribution is 1.02. The van der Waals surface area contributed by atoms with Crippen molar-refractivity contribution in [1.82, 2.24) is 9.38 Å². The number of rotatable bonds is 8. The van der Waals surface area contributed by atoms with E-state index in [4.69, 9.17) is 9.98 Å². The highest BCUT2D eigenvalue weighted by Crippen LogP contribution is 2.37. The number of pyridine rings is 1. The minimum atomic E-state index is 0.0325. The van der Waals surface area contributed by atoms with Crippen LogP contribution in [-0.2, 0) is 0 Å². The van der Waals surface area contributed by atoms with Crippen molar-refractivity contribution in [3.63, 3.8) is 0 Å². The molecule has 1 unspecified atom stereocenters. The van der Waals surface area contributed by atoms with Gasteiger partial charge < -0.3 is 0 Å². The maximum absolute atomic E-state index is 5.31. The van der Waals surface area contributed by atoms with Gasteiger partial charge in [0.2, 0.25) is 0 Å². The van der Waals surface area contributed by atoms with Crippen molar-refractivity contribution in [2.24, 2.45) is 4.99 Å². The van der Waals surface area contributed by atoms with E-state index < -0.39 is 0 Å². The van der Waals surface area contributed by atoms with Gasteiger partial charge >= 0.3 is 0 Å². The normalized spacial score (nSPS) is 12.2. The average molecular weight is 644 g/mol. The SMILES string of the molecule is Cc1ccccc1N=C(c1ccccc1)C(C)c1cc(-c2ccccc2)cc(-c2ccc(-c3nc4ccccn4c3-c3ccccc3)cc2)c1. The first-order valence-electron chi connectivity index (χ1n) is 17.2. The molecule has 0 aliphatic rings. The summed E-state index contributed by atoms with van der Waals surface area (Å²) in [5.41, 5.74) is 15.5. The standard InChI is InChI=1S/C47H37N3/c1-33-16-12-13-23-43(33)48-45(37-19-8-4-9-20-37)34(2)40-30-41(35-17-6-3-7-18-35)32-42(31-40)36-25-27-38(28-26-36)46-47(39-21-10-5-11-22-39)50-29-15-14-24-44(50)49-46/h3-32,34H,1-2H3. The highest BCUT2D eigenvalue weighted by Gasteiger charge is 2.19. The van der Waals surface area contributed by atoms with Gasteiger partial charge in [0, 0.05) is 23.2 Å². The van der Waals surface area contributed by atoms with Crippen molar-refractivity contribution in [3.05, 3.63) is 199 Å². The molecule has 8 rings (SSSR count). The molecule has 0 saturated heterocycles. The Labute approximate surface area is 293 Å². The fourth-order valence-electron chi connectivity index (χ4n) is 6.75. The molecular weight excluding hydrogens is 607 g/mol. The van der Waals surface area contributed by atoms with Crippen LogP contribution in [0.2, 0.25) is 0 Å². The average Bonchev–Trinajstić information content (AvgIpc) is 3.58. The molecule has 3 nitrogen and oxygen atoms in total. The Kier molecular flexibility index (Phi) is 8.46. The predicted octanol–water partition coefficient (Wildman–Crippen LogP) is 12.2. The van der Waals surface area contributed by atoms with Crippen LogP contribution in [0.25, 0.3) is 50.4 Å². The fraction of sp³-hybridized carbons (Fsp3) is 0.0638. The number of aliphatic imine (C=N–C) groups is 1. The van der Waals surface area contributed by atoms with Crippen LogP contribution in [0.5, 0.6) is 0 Å². The molecule has 2 heterocycles. The lowest BCUT2D eigenvalue weighted by Crippen LogP contribution is -2.11. The van der Waals surface area contributed by atoms with Crippen LogP contribution >= 0.6 is 0 Å². The number of fused-ring (bicyclic) bond motifs is 1. The Hall–Kier alpha value is -6.32. The Morgan fingerprint density at radius 1 is 0.540 bits per heavy atom. The Balaban J connectivity index is 1.24. The smallest absolute Gasteiger partial charge is 0.137 e. The molecule has 0 aliphatic carbocycles. The fourth-order valence-corrected chi connectivity index (χ4v) is 6.75. The summed E-state index contributed by atoms with van der Waals surface area (Å²) >= 11 is 0. The van der Waals surface area contributed by atoms with Crippen molar-refractivity contribution in [1.29, 1.82) is 0 Å². The monoisotopic (exact) mass is 643 g/mol. The first-order chi connectivity index (χ1) is 24.6. The van der Waals surface area contributed by atoms with Gasteiger partial charge in [-0.1, -0.05) is 159 Å². The number of nitrogens with zero attached hydrogens (tertiary/aromatic N) is 3. The second-order valence-electron chi connectivity index (χ2n) is 12.8. The summed E-state index contributed by atoms with van der Waals surface area (Å²) < 4.78 is 2.18. The molecule has 0 N–H and O–H groups in total. The molecule has 0 saturated carbocycles. The molecular formula is C47H37N3. The zero-order valence-electron chi connectivity index (χ0n) is 28.2. The zero-order chi connectivity index (χ0) is 33.9. The Morgan fingerprint density at radius 3 is 1.78 bits per heavy atom. The molecule has 8 aromatic rings. The molecule has 50 heavy (non-hydrogen) atoms. The minimum Gasteiger partial charge on any atom is -0.299 e. The summed E-state index contributed by atoms with van der Waals surface area (Å²) in [5.74, 6) is 0.0325. The van der Waals surface area contributed by atoms with Crippen LogP contribution in [0.4, 0.5) is 5.69 Å². The van der Waals surface area contributed by atoms with E-state index in [1.54, 1.807) is 0 Å². The number of imidazole rings is 1. The maximum Gasteiger partial charge on any atom is 0.137 e. The predicted molar refractivity (Wildman–Crippen MR) is 209 cm³/mol. The minimum absolute atomic E-state index is 0.0325. The van der Waals surface area contributed by atoms with Crippen LogP contribution in [0.3, 0.4) is 0 Å². The lowest BCUT2D eigenvalue weighted by Gasteiger charge is -2.19. The van der Waals surface area contributed by atoms with Crippen molar-refractivity contribution in [3.8, 4) is 44.8 Å². The van der Waals surface area contributed by atoms with Gasteiger partial charge in [-0.3, -0.25) is 9.39 Å². The van der Waals surface area contributed by atoms with Crippen molar-refractivity contribution in [2.45, 2.75) is 19.8 Å². The van der Waals surface area contributed by atoms with E-state index in [0.29, 0.717) is 0 Å². The summed E-state index contributed by atoms with van der Waals surface area (Å²) in [6.45, 7) is 4.40. The van der Waals surface area contributed by atoms with Gasteiger partial charge in [0.05, 0.1) is 22.8 Å². The van der Waals surface area contributed by atoms with Crippen LogP contribution in [0.1, 0.15) is 29.5 Å². The number of para-hydroxylation sites is 1. The highest BCUT2D eigenvalue weighted by atomic mass is 15.0. The van der Waals surface area contributed by atoms with Crippen molar-refractivity contribution >= 4 is 17.0 Å². The van der Waals surface area contributed by atoms with E-state index in [2.05, 4.69) is 194 Å². The number of aromatic nitrogens is 2. The number of hydrogen-bond donors (Lipinski definition) is 0. The number of hydrogen-bond acceptors (Lipinski definition) is 2. The largest absolute Gasteiger partial charge is 0.299 e. The van der Waals surface area contributed by atoms with E-state index in [0.717, 1.165) is 56.3 Å². The summed E-state index contributed by atoms with van der Waals surface area (Å²) in [6, 6.07) is 62.1. The van der Waals surface area contributed by atoms with Gasteiger partial charge in [0.25, 0.3) is 0 Å². The third kappa shape index (κ3) is 6.18. The molecule has 0 amide bonds. The van der Waals surface area contributed by atoms with Gasteiger partial charge in [-0.15, -0.1) is 0 Å². The summed E-state index contributed by atoms with van der Waals surface area (Å²) in [5, 5.41) is 0. The highest BCUT2D eigenvalue weighted by molar-refractivity contribution is 6.06. The Bertz CT molecular complexity index is 2420. The third-order valence-electron chi connectivity index (χ3n) is 9.47. The lowest BCUT2D eigenvalue weighted by atomic mass is 9.86. The molecule has 1 atom stereocenters. The summed E-state index contributed by atoms with van der Waals surface area (Å²) in [6.07, 6.45) is 2.09. The topological polar surface area (TPSA) is 29.7 Å². The first kappa shape index (κ1) is 31.0. The van der Waals surface area contributed by atoms with Crippen molar-refractivity contribution < 1.29 is 0 Å². The van der Waals surface area contributed by atoms with Gasteiger partial charge in [0.15, 0.2) is 0 Å². The summed E-state index contributed by atoms with van der Waals surface area (Å²) in [7, 11) is 0. The third-order valence-corrected chi connectivity index (χ3v) is 9.47. The van der Waals surface area contributed by atoms with E-state index in [1.807, 2.05) is 6.07 Å². The number of aryl methyl sites for hydroxylation is 1. The van der Waals surface area contributed by atoms with Gasteiger partial charge in [-0.25, -0.2) is 4.98 Å². The molecule has 0 fully saturated rings. The second kappa shape index (κ2) is 13.7. The molecule has 0 radical (unpaired) electrons. The van der Waals surface area contributed by atoms with E-state index in [-0.39, 0.29) is 5.92 Å². The van der Waals surface area contributed by atoms with E-state index in [9.17, 15) is 0 Å². The van der Waals surface area contributed by atoms with Crippen LogP contribution in [0, 0.1) is 6.92 Å². The van der Waals surface area contributed by atoms with Gasteiger partial charge in [-0.05, 0) is 70.1 Å². The zero-order valence-corrected chi connectivity index (χ0v) is 28.2. The van der Waals surface area contributed by atoms with Crippen LogP contribution in [0.15, 0.2) is 187 Å². The van der Waals surface area contributed by atoms with E-state index >= 15 is 0 Å². The Morgan fingerprint density at radius 2 is 1.10 bits per heavy atom. The molecule has 0 spiro atoms. The van der Waals surface area contributed by atoms with E-state index in [1.165, 1.54) is 22.3 Å². The molecule has 0 aliphatic heterocycles. The quantitative estimate of drug-likeness (QED) is 0.152. The van der Waals surface area contributed by atoms with Crippen LogP contribution < -0.4 is 0 Å². The molecule has 6 aromatic carbocycles. The van der Waals surface area contributed by atoms with Crippen LogP contribution in [-0.4, -0.2) is 15.1 Å². The van der Waals surface area contributed by atoms with Crippen molar-refractivity contribution in [2.75, 3.05) is 0 Å². The van der Waals surface area contributed by atoms with Gasteiger partial charge in [-0.2, -0.15) is 0 Å². The molecule has 2 aromatic heterocycles.